The van der Waals surface area contributed by atoms with Crippen LogP contribution in [-0.4, -0.2) is 33.5 Å². The van der Waals surface area contributed by atoms with Gasteiger partial charge in [0, 0.05) is 13.0 Å². The Kier molecular flexibility index (Phi) is 3.40. The molecule has 4 nitrogen and oxygen atoms in total. The minimum absolute atomic E-state index is 0.00162. The van der Waals surface area contributed by atoms with Crippen molar-refractivity contribution in [1.29, 1.82) is 0 Å². The van der Waals surface area contributed by atoms with Gasteiger partial charge in [0.1, 0.15) is 5.54 Å². The van der Waals surface area contributed by atoms with Crippen LogP contribution in [0.4, 0.5) is 0 Å². The van der Waals surface area contributed by atoms with Crippen LogP contribution in [0.3, 0.4) is 0 Å². The number of hydrogen-bond donors (Lipinski definition) is 1. The molecule has 4 heteroatoms. The van der Waals surface area contributed by atoms with Gasteiger partial charge in [-0.15, -0.1) is 0 Å². The Morgan fingerprint density at radius 1 is 1.21 bits per heavy atom. The summed E-state index contributed by atoms with van der Waals surface area (Å²) in [6.45, 7) is 7.87. The van der Waals surface area contributed by atoms with Gasteiger partial charge in [-0.2, -0.15) is 0 Å². The largest absolute Gasteiger partial charge is 0.479 e. The molecular weight excluding hydrogens is 242 g/mol. The lowest BCUT2D eigenvalue weighted by Gasteiger charge is -2.51. The van der Waals surface area contributed by atoms with Gasteiger partial charge in [0.2, 0.25) is 5.91 Å². The number of aliphatic carboxylic acids is 1. The van der Waals surface area contributed by atoms with Crippen LogP contribution in [0.15, 0.2) is 0 Å². The highest BCUT2D eigenvalue weighted by Crippen LogP contribution is 2.49. The SMILES string of the molecule is CC(=O)N(C1CC1)C1(C(=O)O)CCC(C)(C)CC1C. The van der Waals surface area contributed by atoms with Crippen LogP contribution < -0.4 is 0 Å². The van der Waals surface area contributed by atoms with E-state index in [-0.39, 0.29) is 23.3 Å². The molecule has 19 heavy (non-hydrogen) atoms. The van der Waals surface area contributed by atoms with Crippen molar-refractivity contribution in [2.75, 3.05) is 0 Å². The van der Waals surface area contributed by atoms with Gasteiger partial charge in [-0.25, -0.2) is 4.79 Å². The molecule has 108 valence electrons. The Morgan fingerprint density at radius 2 is 1.79 bits per heavy atom. The zero-order chi connectivity index (χ0) is 14.4. The van der Waals surface area contributed by atoms with Crippen LogP contribution in [0.1, 0.15) is 59.8 Å². The lowest BCUT2D eigenvalue weighted by molar-refractivity contribution is -0.169. The number of amides is 1. The van der Waals surface area contributed by atoms with Crippen LogP contribution >= 0.6 is 0 Å². The zero-order valence-electron chi connectivity index (χ0n) is 12.4. The first-order valence-corrected chi connectivity index (χ1v) is 7.24. The molecular formula is C15H25NO3. The van der Waals surface area contributed by atoms with E-state index in [1.54, 1.807) is 4.90 Å². The van der Waals surface area contributed by atoms with Gasteiger partial charge in [-0.1, -0.05) is 20.8 Å². The van der Waals surface area contributed by atoms with Crippen molar-refractivity contribution >= 4 is 11.9 Å². The fourth-order valence-electron chi connectivity index (χ4n) is 3.85. The van der Waals surface area contributed by atoms with Crippen LogP contribution in [0.25, 0.3) is 0 Å². The summed E-state index contributed by atoms with van der Waals surface area (Å²) in [5, 5.41) is 9.83. The van der Waals surface area contributed by atoms with Crippen molar-refractivity contribution in [3.05, 3.63) is 0 Å². The van der Waals surface area contributed by atoms with Gasteiger partial charge in [0.05, 0.1) is 0 Å². The van der Waals surface area contributed by atoms with Crippen molar-refractivity contribution in [2.24, 2.45) is 11.3 Å². The number of carboxylic acid groups (broad SMARTS) is 1. The maximum absolute atomic E-state index is 12.0. The van der Waals surface area contributed by atoms with Crippen molar-refractivity contribution in [3.8, 4) is 0 Å². The Labute approximate surface area is 115 Å². The van der Waals surface area contributed by atoms with E-state index >= 15 is 0 Å². The number of nitrogens with zero attached hydrogens (tertiary/aromatic N) is 1. The molecule has 0 spiro atoms. The summed E-state index contributed by atoms with van der Waals surface area (Å²) in [6.07, 6.45) is 4.19. The highest BCUT2D eigenvalue weighted by atomic mass is 16.4. The summed E-state index contributed by atoms with van der Waals surface area (Å²) in [7, 11) is 0. The third-order valence-electron chi connectivity index (χ3n) is 4.91. The third-order valence-corrected chi connectivity index (χ3v) is 4.91. The fourth-order valence-corrected chi connectivity index (χ4v) is 3.85. The van der Waals surface area contributed by atoms with Crippen molar-refractivity contribution in [1.82, 2.24) is 4.90 Å². The summed E-state index contributed by atoms with van der Waals surface area (Å²) >= 11 is 0. The van der Waals surface area contributed by atoms with E-state index in [4.69, 9.17) is 0 Å². The lowest BCUT2D eigenvalue weighted by atomic mass is 9.63. The van der Waals surface area contributed by atoms with E-state index in [0.29, 0.717) is 6.42 Å². The molecule has 0 aromatic carbocycles. The molecule has 2 unspecified atom stereocenters. The number of hydrogen-bond acceptors (Lipinski definition) is 2. The van der Waals surface area contributed by atoms with Crippen molar-refractivity contribution < 1.29 is 14.7 Å². The lowest BCUT2D eigenvalue weighted by Crippen LogP contribution is -2.63. The summed E-state index contributed by atoms with van der Waals surface area (Å²) in [5.41, 5.74) is -0.813. The molecule has 0 saturated heterocycles. The van der Waals surface area contributed by atoms with E-state index in [9.17, 15) is 14.7 Å². The molecule has 0 aliphatic heterocycles. The highest BCUT2D eigenvalue weighted by molar-refractivity contribution is 5.87. The van der Waals surface area contributed by atoms with E-state index in [0.717, 1.165) is 25.7 Å². The monoisotopic (exact) mass is 267 g/mol. The minimum atomic E-state index is -0.984. The Balaban J connectivity index is 2.37. The van der Waals surface area contributed by atoms with E-state index in [1.807, 2.05) is 6.92 Å². The molecule has 2 atom stereocenters. The van der Waals surface area contributed by atoms with Gasteiger partial charge in [-0.3, -0.25) is 4.79 Å². The van der Waals surface area contributed by atoms with Crippen molar-refractivity contribution in [3.63, 3.8) is 0 Å². The normalized spacial score (nSPS) is 33.8. The zero-order valence-corrected chi connectivity index (χ0v) is 12.4. The van der Waals surface area contributed by atoms with Crippen LogP contribution in [-0.2, 0) is 9.59 Å². The number of carboxylic acids is 1. The average molecular weight is 267 g/mol. The molecule has 0 aromatic rings. The maximum Gasteiger partial charge on any atom is 0.329 e. The summed E-state index contributed by atoms with van der Waals surface area (Å²) in [6, 6.07) is 0.150. The maximum atomic E-state index is 12.0. The average Bonchev–Trinajstić information content (AvgIpc) is 3.04. The van der Waals surface area contributed by atoms with Gasteiger partial charge < -0.3 is 10.0 Å². The Bertz CT molecular complexity index is 400. The summed E-state index contributed by atoms with van der Waals surface area (Å²) in [5.74, 6) is -0.910. The first-order valence-electron chi connectivity index (χ1n) is 7.24. The molecule has 2 saturated carbocycles. The van der Waals surface area contributed by atoms with E-state index in [1.165, 1.54) is 6.92 Å². The van der Waals surface area contributed by atoms with E-state index < -0.39 is 11.5 Å². The molecule has 0 heterocycles. The molecule has 0 bridgehead atoms. The Hall–Kier alpha value is -1.06. The molecule has 1 N–H and O–H groups in total. The molecule has 2 rings (SSSR count). The summed E-state index contributed by atoms with van der Waals surface area (Å²) < 4.78 is 0. The highest BCUT2D eigenvalue weighted by Gasteiger charge is 2.57. The van der Waals surface area contributed by atoms with Crippen LogP contribution in [0.5, 0.6) is 0 Å². The second-order valence-corrected chi connectivity index (χ2v) is 7.12. The third kappa shape index (κ3) is 2.37. The molecule has 0 radical (unpaired) electrons. The first-order chi connectivity index (χ1) is 8.70. The second kappa shape index (κ2) is 4.50. The number of carbonyl (C=O) groups excluding carboxylic acids is 1. The summed E-state index contributed by atoms with van der Waals surface area (Å²) in [4.78, 5) is 25.7. The number of rotatable bonds is 3. The molecule has 1 amide bonds. The molecule has 2 aliphatic rings. The first kappa shape index (κ1) is 14.4. The second-order valence-electron chi connectivity index (χ2n) is 7.12. The smallest absolute Gasteiger partial charge is 0.329 e. The topological polar surface area (TPSA) is 57.6 Å². The van der Waals surface area contributed by atoms with Gasteiger partial charge >= 0.3 is 5.97 Å². The standard InChI is InChI=1S/C15H25NO3/c1-10-9-14(3,4)7-8-15(10,13(18)19)16(11(2)17)12-5-6-12/h10,12H,5-9H2,1-4H3,(H,18,19). The van der Waals surface area contributed by atoms with Crippen LogP contribution in [0.2, 0.25) is 0 Å². The van der Waals surface area contributed by atoms with Gasteiger partial charge in [0.15, 0.2) is 0 Å². The van der Waals surface area contributed by atoms with Crippen LogP contribution in [0, 0.1) is 11.3 Å². The fraction of sp³-hybridized carbons (Fsp3) is 0.867. The quantitative estimate of drug-likeness (QED) is 0.855. The molecule has 0 aromatic heterocycles. The van der Waals surface area contributed by atoms with Crippen molar-refractivity contribution in [2.45, 2.75) is 71.4 Å². The van der Waals surface area contributed by atoms with Gasteiger partial charge in [-0.05, 0) is 43.4 Å². The number of carbonyl (C=O) groups is 2. The molecule has 2 fully saturated rings. The Morgan fingerprint density at radius 3 is 2.16 bits per heavy atom. The minimum Gasteiger partial charge on any atom is -0.479 e. The molecule has 2 aliphatic carbocycles. The van der Waals surface area contributed by atoms with E-state index in [2.05, 4.69) is 13.8 Å². The predicted octanol–water partition coefficient (Wildman–Crippen LogP) is 2.67. The predicted molar refractivity (Wildman–Crippen MR) is 72.7 cm³/mol. The van der Waals surface area contributed by atoms with Gasteiger partial charge in [0.25, 0.3) is 0 Å².